The minimum atomic E-state index is -5.97. The first-order valence-electron chi connectivity index (χ1n) is 5.35. The normalized spacial score (nSPS) is 15.2. The van der Waals surface area contributed by atoms with E-state index in [4.69, 9.17) is 9.84 Å². The fourth-order valence-corrected chi connectivity index (χ4v) is 2.07. The van der Waals surface area contributed by atoms with Crippen LogP contribution in [0.5, 0.6) is 5.75 Å². The molecule has 114 valence electrons. The number of carbonyl (C=O) groups is 1. The van der Waals surface area contributed by atoms with Crippen LogP contribution in [0.2, 0.25) is 0 Å². The van der Waals surface area contributed by atoms with Gasteiger partial charge in [0.15, 0.2) is 5.76 Å². The van der Waals surface area contributed by atoms with Gasteiger partial charge in [0, 0.05) is 12.0 Å². The van der Waals surface area contributed by atoms with E-state index in [-0.39, 0.29) is 5.75 Å². The highest BCUT2D eigenvalue weighted by molar-refractivity contribution is 7.87. The van der Waals surface area contributed by atoms with Gasteiger partial charge in [0.2, 0.25) is 0 Å². The highest BCUT2D eigenvalue weighted by Gasteiger charge is 2.49. The summed E-state index contributed by atoms with van der Waals surface area (Å²) in [6.45, 7) is 0. The van der Waals surface area contributed by atoms with Crippen molar-refractivity contribution in [2.75, 3.05) is 0 Å². The summed E-state index contributed by atoms with van der Waals surface area (Å²) in [6.07, 6.45) is -0.451. The number of allylic oxidation sites excluding steroid dienone is 1. The van der Waals surface area contributed by atoms with Gasteiger partial charge in [-0.1, -0.05) is 18.2 Å². The highest BCUT2D eigenvalue weighted by atomic mass is 32.2. The summed E-state index contributed by atoms with van der Waals surface area (Å²) in [5.41, 5.74) is -5.37. The van der Waals surface area contributed by atoms with Gasteiger partial charge >= 0.3 is 21.6 Å². The molecule has 0 amide bonds. The zero-order chi connectivity index (χ0) is 15.8. The van der Waals surface area contributed by atoms with Crippen molar-refractivity contribution in [2.45, 2.75) is 11.9 Å². The molecule has 10 heteroatoms. The number of carboxylic acids is 1. The molecule has 0 radical (unpaired) electrons. The third-order valence-electron chi connectivity index (χ3n) is 2.48. The van der Waals surface area contributed by atoms with Crippen LogP contribution in [0, 0.1) is 0 Å². The average molecular weight is 324 g/mol. The van der Waals surface area contributed by atoms with E-state index in [1.54, 1.807) is 0 Å². The Hall–Kier alpha value is -2.23. The molecule has 0 spiro atoms. The molecule has 0 fully saturated rings. The summed E-state index contributed by atoms with van der Waals surface area (Å²) in [7, 11) is -5.97. The Labute approximate surface area is 116 Å². The Balaban J connectivity index is 2.43. The third-order valence-corrected chi connectivity index (χ3v) is 3.46. The largest absolute Gasteiger partial charge is 0.534 e. The summed E-state index contributed by atoms with van der Waals surface area (Å²) in [4.78, 5) is 11.0. The summed E-state index contributed by atoms with van der Waals surface area (Å²) in [5.74, 6) is -3.57. The van der Waals surface area contributed by atoms with Gasteiger partial charge in [-0.2, -0.15) is 21.6 Å². The van der Waals surface area contributed by atoms with Crippen LogP contribution in [0.1, 0.15) is 5.56 Å². The maximum Gasteiger partial charge on any atom is 0.534 e. The van der Waals surface area contributed by atoms with E-state index in [2.05, 4.69) is 4.18 Å². The van der Waals surface area contributed by atoms with Gasteiger partial charge in [-0.25, -0.2) is 4.79 Å². The zero-order valence-electron chi connectivity index (χ0n) is 10.0. The topological polar surface area (TPSA) is 89.9 Å². The van der Waals surface area contributed by atoms with Gasteiger partial charge in [-0.3, -0.25) is 0 Å². The van der Waals surface area contributed by atoms with Crippen LogP contribution in [-0.4, -0.2) is 25.0 Å². The monoisotopic (exact) mass is 324 g/mol. The lowest BCUT2D eigenvalue weighted by atomic mass is 10.1. The number of para-hydroxylation sites is 1. The van der Waals surface area contributed by atoms with E-state index in [9.17, 15) is 26.4 Å². The Morgan fingerprint density at radius 2 is 1.90 bits per heavy atom. The lowest BCUT2D eigenvalue weighted by molar-refractivity contribution is -0.135. The molecule has 0 bridgehead atoms. The molecule has 0 aromatic heterocycles. The number of fused-ring (bicyclic) bond motifs is 1. The number of benzene rings is 1. The van der Waals surface area contributed by atoms with Crippen molar-refractivity contribution in [3.8, 4) is 5.75 Å². The minimum absolute atomic E-state index is 0.103. The lowest BCUT2D eigenvalue weighted by Crippen LogP contribution is -2.28. The SMILES string of the molecule is O=C(O)C1=C(OS(=O)(=O)C(F)(F)F)Cc2ccccc2O1. The molecule has 1 aliphatic heterocycles. The lowest BCUT2D eigenvalue weighted by Gasteiger charge is -2.21. The van der Waals surface area contributed by atoms with Crippen molar-refractivity contribution in [1.82, 2.24) is 0 Å². The molecule has 0 saturated carbocycles. The van der Waals surface area contributed by atoms with E-state index in [1.807, 2.05) is 0 Å². The molecule has 0 aliphatic carbocycles. The third kappa shape index (κ3) is 2.94. The average Bonchev–Trinajstić information content (AvgIpc) is 2.35. The molecule has 0 unspecified atom stereocenters. The predicted octanol–water partition coefficient (Wildman–Crippen LogP) is 1.78. The first-order valence-corrected chi connectivity index (χ1v) is 6.75. The van der Waals surface area contributed by atoms with Crippen LogP contribution >= 0.6 is 0 Å². The molecule has 2 rings (SSSR count). The van der Waals surface area contributed by atoms with Gasteiger partial charge in [0.25, 0.3) is 5.76 Å². The van der Waals surface area contributed by atoms with E-state index < -0.39 is 39.5 Å². The highest BCUT2D eigenvalue weighted by Crippen LogP contribution is 2.34. The first-order chi connectivity index (χ1) is 9.62. The number of alkyl halides is 3. The summed E-state index contributed by atoms with van der Waals surface area (Å²) >= 11 is 0. The fraction of sp³-hybridized carbons (Fsp3) is 0.182. The second-order valence-electron chi connectivity index (χ2n) is 3.93. The molecular formula is C11H7F3O6S. The minimum Gasteiger partial charge on any atom is -0.475 e. The van der Waals surface area contributed by atoms with Crippen LogP contribution in [-0.2, 0) is 25.5 Å². The van der Waals surface area contributed by atoms with Crippen LogP contribution in [0.3, 0.4) is 0 Å². The van der Waals surface area contributed by atoms with Crippen molar-refractivity contribution < 1.29 is 40.4 Å². The number of carboxylic acid groups (broad SMARTS) is 1. The number of rotatable bonds is 3. The number of hydrogen-bond acceptors (Lipinski definition) is 5. The predicted molar refractivity (Wildman–Crippen MR) is 61.5 cm³/mol. The number of hydrogen-bond donors (Lipinski definition) is 1. The van der Waals surface area contributed by atoms with Crippen LogP contribution < -0.4 is 4.74 Å². The van der Waals surface area contributed by atoms with Crippen molar-refractivity contribution in [1.29, 1.82) is 0 Å². The molecule has 1 aromatic carbocycles. The van der Waals surface area contributed by atoms with Crippen LogP contribution in [0.4, 0.5) is 13.2 Å². The number of ether oxygens (including phenoxy) is 1. The zero-order valence-corrected chi connectivity index (χ0v) is 10.9. The molecule has 1 N–H and O–H groups in total. The van der Waals surface area contributed by atoms with Gasteiger partial charge in [-0.05, 0) is 6.07 Å². The maximum absolute atomic E-state index is 12.3. The summed E-state index contributed by atoms with van der Waals surface area (Å²) in [5, 5.41) is 8.89. The van der Waals surface area contributed by atoms with Gasteiger partial charge in [-0.15, -0.1) is 0 Å². The summed E-state index contributed by atoms with van der Waals surface area (Å²) in [6, 6.07) is 5.89. The van der Waals surface area contributed by atoms with Crippen molar-refractivity contribution in [3.05, 3.63) is 41.3 Å². The number of aliphatic carboxylic acids is 1. The Bertz CT molecular complexity index is 720. The van der Waals surface area contributed by atoms with Crippen molar-refractivity contribution in [3.63, 3.8) is 0 Å². The van der Waals surface area contributed by atoms with E-state index >= 15 is 0 Å². The quantitative estimate of drug-likeness (QED) is 0.673. The molecule has 6 nitrogen and oxygen atoms in total. The summed E-state index contributed by atoms with van der Waals surface area (Å²) < 4.78 is 67.6. The van der Waals surface area contributed by atoms with Crippen LogP contribution in [0.25, 0.3) is 0 Å². The molecule has 1 heterocycles. The molecule has 21 heavy (non-hydrogen) atoms. The maximum atomic E-state index is 12.3. The van der Waals surface area contributed by atoms with Crippen LogP contribution in [0.15, 0.2) is 35.8 Å². The van der Waals surface area contributed by atoms with Crippen molar-refractivity contribution >= 4 is 16.1 Å². The van der Waals surface area contributed by atoms with E-state index in [0.29, 0.717) is 5.56 Å². The fourth-order valence-electron chi connectivity index (χ4n) is 1.58. The van der Waals surface area contributed by atoms with Gasteiger partial charge in [0.1, 0.15) is 5.75 Å². The smallest absolute Gasteiger partial charge is 0.475 e. The van der Waals surface area contributed by atoms with Gasteiger partial charge in [0.05, 0.1) is 0 Å². The standard InChI is InChI=1S/C11H7F3O6S/c12-11(13,14)21(17,18)20-8-5-6-3-1-2-4-7(6)19-9(8)10(15)16/h1-4H,5H2,(H,15,16). The second-order valence-corrected chi connectivity index (χ2v) is 5.47. The Morgan fingerprint density at radius 1 is 1.29 bits per heavy atom. The van der Waals surface area contributed by atoms with E-state index in [1.165, 1.54) is 24.3 Å². The molecular weight excluding hydrogens is 317 g/mol. The van der Waals surface area contributed by atoms with Crippen molar-refractivity contribution in [2.24, 2.45) is 0 Å². The molecule has 1 aliphatic rings. The number of halogens is 3. The molecule has 1 aromatic rings. The van der Waals surface area contributed by atoms with E-state index in [0.717, 1.165) is 0 Å². The Morgan fingerprint density at radius 3 is 2.48 bits per heavy atom. The van der Waals surface area contributed by atoms with Gasteiger partial charge < -0.3 is 14.0 Å². The second kappa shape index (κ2) is 4.95. The molecule has 0 atom stereocenters. The Kier molecular flexibility index (Phi) is 3.58. The molecule has 0 saturated heterocycles. The first kappa shape index (κ1) is 15.2.